The summed E-state index contributed by atoms with van der Waals surface area (Å²) in [6.45, 7) is 0. The Bertz CT molecular complexity index is 3560. The van der Waals surface area contributed by atoms with Crippen LogP contribution >= 0.6 is 11.3 Å². The number of aromatic nitrogens is 4. The van der Waals surface area contributed by atoms with E-state index in [9.17, 15) is 0 Å². The van der Waals surface area contributed by atoms with Crippen LogP contribution in [0.4, 0.5) is 0 Å². The number of benzene rings is 9. The van der Waals surface area contributed by atoms with Crippen LogP contribution in [-0.4, -0.2) is 19.9 Å². The van der Waals surface area contributed by atoms with Gasteiger partial charge in [0.2, 0.25) is 0 Å². The molecule has 294 valence electrons. The minimum Gasteiger partial charge on any atom is -0.247 e. The van der Waals surface area contributed by atoms with E-state index in [1.54, 1.807) is 0 Å². The third-order valence-electron chi connectivity index (χ3n) is 11.9. The molecular weight excluding hydrogens is 785 g/mol. The average molecular weight is 821 g/mol. The van der Waals surface area contributed by atoms with E-state index in [-0.39, 0.29) is 0 Å². The Labute approximate surface area is 368 Å². The van der Waals surface area contributed by atoms with Crippen molar-refractivity contribution in [2.75, 3.05) is 0 Å². The topological polar surface area (TPSA) is 51.6 Å². The Kier molecular flexibility index (Phi) is 8.98. The molecule has 12 rings (SSSR count). The van der Waals surface area contributed by atoms with Crippen LogP contribution in [0.1, 0.15) is 0 Å². The average Bonchev–Trinajstić information content (AvgIpc) is 3.76. The Morgan fingerprint density at radius 1 is 0.286 bits per heavy atom. The molecule has 0 aliphatic rings. The molecule has 0 N–H and O–H groups in total. The third-order valence-corrected chi connectivity index (χ3v) is 13.1. The van der Waals surface area contributed by atoms with E-state index in [4.69, 9.17) is 19.9 Å². The number of rotatable bonds is 7. The first kappa shape index (κ1) is 36.7. The molecule has 3 aromatic heterocycles. The van der Waals surface area contributed by atoms with E-state index in [1.165, 1.54) is 41.9 Å². The van der Waals surface area contributed by atoms with Crippen LogP contribution in [0.2, 0.25) is 0 Å². The smallest absolute Gasteiger partial charge is 0.164 e. The zero-order chi connectivity index (χ0) is 41.7. The lowest BCUT2D eigenvalue weighted by molar-refractivity contribution is 1.07. The lowest BCUT2D eigenvalue weighted by atomic mass is 9.95. The predicted molar refractivity (Wildman–Crippen MR) is 264 cm³/mol. The van der Waals surface area contributed by atoms with Crippen molar-refractivity contribution < 1.29 is 0 Å². The number of nitrogens with zero attached hydrogens (tertiary/aromatic N) is 4. The normalized spacial score (nSPS) is 11.5. The lowest BCUT2D eigenvalue weighted by Gasteiger charge is -2.12. The van der Waals surface area contributed by atoms with Gasteiger partial charge in [-0.15, -0.1) is 11.3 Å². The first-order valence-corrected chi connectivity index (χ1v) is 21.9. The Hall–Kier alpha value is -8.12. The number of fused-ring (bicyclic) bond motifs is 7. The highest BCUT2D eigenvalue weighted by molar-refractivity contribution is 7.27. The predicted octanol–water partition coefficient (Wildman–Crippen LogP) is 15.6. The van der Waals surface area contributed by atoms with Gasteiger partial charge in [-0.05, 0) is 57.6 Å². The summed E-state index contributed by atoms with van der Waals surface area (Å²) in [7, 11) is 0. The van der Waals surface area contributed by atoms with E-state index in [2.05, 4.69) is 206 Å². The first-order valence-electron chi connectivity index (χ1n) is 21.1. The summed E-state index contributed by atoms with van der Waals surface area (Å²) >= 11 is 1.86. The summed E-state index contributed by atoms with van der Waals surface area (Å²) in [6, 6.07) is 76.7. The standard InChI is InChI=1S/C58H36N4S/c1-4-15-37(16-5-1)42-21-12-23-44(35-42)57-60-56(61-58(62-57)45-24-13-22-43(36-45)38-17-6-2-7-18-38)41-31-29-39(30-32-41)46-26-14-28-51-52(46)49-34-33-48-53(55(49)63-51)47-25-10-11-27-50(47)59-54(48)40-19-8-3-9-20-40/h1-36H. The molecule has 0 unspecified atom stereocenters. The third kappa shape index (κ3) is 6.63. The maximum Gasteiger partial charge on any atom is 0.164 e. The van der Waals surface area contributed by atoms with Crippen molar-refractivity contribution in [3.8, 4) is 78.8 Å². The molecule has 9 aromatic carbocycles. The SMILES string of the molecule is c1ccc(-c2cccc(-c3nc(-c4ccc(-c5cccc6sc7c(ccc8c(-c9ccccc9)nc9ccccc9c87)c56)cc4)nc(-c4cccc(-c5ccccc5)c4)n3)c2)cc1. The second-order valence-corrected chi connectivity index (χ2v) is 16.8. The number of hydrogen-bond acceptors (Lipinski definition) is 5. The summed E-state index contributed by atoms with van der Waals surface area (Å²) in [6.07, 6.45) is 0. The molecule has 3 heterocycles. The molecule has 0 atom stereocenters. The van der Waals surface area contributed by atoms with Crippen LogP contribution < -0.4 is 0 Å². The molecule has 0 bridgehead atoms. The number of hydrogen-bond donors (Lipinski definition) is 0. The van der Waals surface area contributed by atoms with Gasteiger partial charge in [-0.25, -0.2) is 19.9 Å². The van der Waals surface area contributed by atoms with Gasteiger partial charge in [0.1, 0.15) is 0 Å². The van der Waals surface area contributed by atoms with Crippen molar-refractivity contribution in [3.05, 3.63) is 218 Å². The van der Waals surface area contributed by atoms with Crippen LogP contribution in [0.25, 0.3) is 121 Å². The van der Waals surface area contributed by atoms with Gasteiger partial charge in [0.05, 0.1) is 11.2 Å². The van der Waals surface area contributed by atoms with E-state index >= 15 is 0 Å². The fourth-order valence-electron chi connectivity index (χ4n) is 8.87. The summed E-state index contributed by atoms with van der Waals surface area (Å²) in [5.74, 6) is 1.88. The molecule has 0 saturated heterocycles. The maximum atomic E-state index is 5.20. The van der Waals surface area contributed by atoms with Gasteiger partial charge in [0.15, 0.2) is 17.5 Å². The van der Waals surface area contributed by atoms with Gasteiger partial charge in [0, 0.05) is 58.6 Å². The quantitative estimate of drug-likeness (QED) is 0.150. The lowest BCUT2D eigenvalue weighted by Crippen LogP contribution is -2.00. The van der Waals surface area contributed by atoms with Gasteiger partial charge in [-0.2, -0.15) is 0 Å². The van der Waals surface area contributed by atoms with Crippen molar-refractivity contribution in [3.63, 3.8) is 0 Å². The van der Waals surface area contributed by atoms with Crippen molar-refractivity contribution in [2.24, 2.45) is 0 Å². The van der Waals surface area contributed by atoms with Crippen LogP contribution in [0.5, 0.6) is 0 Å². The molecule has 0 aliphatic carbocycles. The molecular formula is C58H36N4S. The number of thiophene rings is 1. The second-order valence-electron chi connectivity index (χ2n) is 15.8. The highest BCUT2D eigenvalue weighted by Crippen LogP contribution is 2.46. The molecule has 0 saturated carbocycles. The maximum absolute atomic E-state index is 5.20. The van der Waals surface area contributed by atoms with E-state index in [0.717, 1.165) is 61.3 Å². The Morgan fingerprint density at radius 2 is 0.778 bits per heavy atom. The van der Waals surface area contributed by atoms with Gasteiger partial charge >= 0.3 is 0 Å². The molecule has 0 spiro atoms. The van der Waals surface area contributed by atoms with Crippen molar-refractivity contribution >= 4 is 53.2 Å². The molecule has 0 aliphatic heterocycles. The molecule has 4 nitrogen and oxygen atoms in total. The van der Waals surface area contributed by atoms with Crippen LogP contribution in [0.15, 0.2) is 218 Å². The van der Waals surface area contributed by atoms with Crippen molar-refractivity contribution in [2.45, 2.75) is 0 Å². The Morgan fingerprint density at radius 3 is 1.41 bits per heavy atom. The number of pyridine rings is 1. The zero-order valence-electron chi connectivity index (χ0n) is 34.0. The van der Waals surface area contributed by atoms with E-state index in [1.807, 2.05) is 23.5 Å². The van der Waals surface area contributed by atoms with E-state index < -0.39 is 0 Å². The van der Waals surface area contributed by atoms with Gasteiger partial charge in [-0.3, -0.25) is 0 Å². The molecule has 0 fully saturated rings. The fourth-order valence-corrected chi connectivity index (χ4v) is 10.2. The fraction of sp³-hybridized carbons (Fsp3) is 0. The van der Waals surface area contributed by atoms with Crippen LogP contribution in [0.3, 0.4) is 0 Å². The largest absolute Gasteiger partial charge is 0.247 e. The molecule has 0 radical (unpaired) electrons. The summed E-state index contributed by atoms with van der Waals surface area (Å²) in [5.41, 5.74) is 12.7. The zero-order valence-corrected chi connectivity index (χ0v) is 34.8. The van der Waals surface area contributed by atoms with Crippen molar-refractivity contribution in [1.29, 1.82) is 0 Å². The van der Waals surface area contributed by atoms with Crippen LogP contribution in [-0.2, 0) is 0 Å². The number of para-hydroxylation sites is 1. The highest BCUT2D eigenvalue weighted by Gasteiger charge is 2.19. The second kappa shape index (κ2) is 15.4. The molecule has 63 heavy (non-hydrogen) atoms. The van der Waals surface area contributed by atoms with Gasteiger partial charge < -0.3 is 0 Å². The molecule has 12 aromatic rings. The summed E-state index contributed by atoms with van der Waals surface area (Å²) in [4.78, 5) is 20.6. The first-order chi connectivity index (χ1) is 31.2. The highest BCUT2D eigenvalue weighted by atomic mass is 32.1. The monoisotopic (exact) mass is 820 g/mol. The summed E-state index contributed by atoms with van der Waals surface area (Å²) < 4.78 is 2.53. The summed E-state index contributed by atoms with van der Waals surface area (Å²) in [5, 5.41) is 6.10. The van der Waals surface area contributed by atoms with Gasteiger partial charge in [-0.1, -0.05) is 194 Å². The Balaban J connectivity index is 0.986. The minimum absolute atomic E-state index is 0.622. The van der Waals surface area contributed by atoms with E-state index in [0.29, 0.717) is 17.5 Å². The molecule has 5 heteroatoms. The van der Waals surface area contributed by atoms with Gasteiger partial charge in [0.25, 0.3) is 0 Å². The minimum atomic E-state index is 0.622. The van der Waals surface area contributed by atoms with Crippen LogP contribution in [0, 0.1) is 0 Å². The molecule has 0 amide bonds. The van der Waals surface area contributed by atoms with Crippen molar-refractivity contribution in [1.82, 2.24) is 19.9 Å².